The van der Waals surface area contributed by atoms with Crippen LogP contribution in [0.1, 0.15) is 32.3 Å². The van der Waals surface area contributed by atoms with Gasteiger partial charge in [0.1, 0.15) is 5.82 Å². The highest BCUT2D eigenvalue weighted by Gasteiger charge is 2.25. The number of piperidine rings is 1. The van der Waals surface area contributed by atoms with Crippen LogP contribution in [0.5, 0.6) is 0 Å². The molecule has 106 valence electrons. The summed E-state index contributed by atoms with van der Waals surface area (Å²) in [7, 11) is 0. The smallest absolute Gasteiger partial charge is 0.123 e. The van der Waals surface area contributed by atoms with Gasteiger partial charge in [-0.15, -0.1) is 0 Å². The van der Waals surface area contributed by atoms with Crippen molar-refractivity contribution in [1.29, 1.82) is 0 Å². The fourth-order valence-corrected chi connectivity index (χ4v) is 2.90. The SMILES string of the molecule is CCCNC1CCN(Cc2cccc(F)c2)CC1C. The Morgan fingerprint density at radius 2 is 2.26 bits per heavy atom. The highest BCUT2D eigenvalue weighted by molar-refractivity contribution is 5.16. The summed E-state index contributed by atoms with van der Waals surface area (Å²) < 4.78 is 13.2. The molecular formula is C16H25FN2. The maximum Gasteiger partial charge on any atom is 0.123 e. The van der Waals surface area contributed by atoms with Gasteiger partial charge in [-0.1, -0.05) is 26.0 Å². The quantitative estimate of drug-likeness (QED) is 0.879. The third-order valence-electron chi connectivity index (χ3n) is 3.94. The van der Waals surface area contributed by atoms with Crippen molar-refractivity contribution in [3.05, 3.63) is 35.6 Å². The van der Waals surface area contributed by atoms with E-state index in [2.05, 4.69) is 24.1 Å². The molecule has 1 heterocycles. The molecule has 1 N–H and O–H groups in total. The number of nitrogens with zero attached hydrogens (tertiary/aromatic N) is 1. The first-order valence-electron chi connectivity index (χ1n) is 7.39. The predicted molar refractivity (Wildman–Crippen MR) is 77.5 cm³/mol. The first-order valence-corrected chi connectivity index (χ1v) is 7.39. The zero-order valence-electron chi connectivity index (χ0n) is 12.0. The molecule has 0 bridgehead atoms. The summed E-state index contributed by atoms with van der Waals surface area (Å²) in [6.45, 7) is 8.68. The van der Waals surface area contributed by atoms with Gasteiger partial charge in [-0.05, 0) is 49.5 Å². The van der Waals surface area contributed by atoms with E-state index in [9.17, 15) is 4.39 Å². The van der Waals surface area contributed by atoms with Crippen molar-refractivity contribution in [2.24, 2.45) is 5.92 Å². The lowest BCUT2D eigenvalue weighted by Crippen LogP contribution is -2.48. The molecule has 2 unspecified atom stereocenters. The average Bonchev–Trinajstić information content (AvgIpc) is 2.38. The lowest BCUT2D eigenvalue weighted by Gasteiger charge is -2.37. The molecule has 0 amide bonds. The van der Waals surface area contributed by atoms with E-state index >= 15 is 0 Å². The molecule has 2 nitrogen and oxygen atoms in total. The summed E-state index contributed by atoms with van der Waals surface area (Å²) in [6.07, 6.45) is 2.38. The number of likely N-dealkylation sites (tertiary alicyclic amines) is 1. The summed E-state index contributed by atoms with van der Waals surface area (Å²) in [5.74, 6) is 0.527. The summed E-state index contributed by atoms with van der Waals surface area (Å²) in [4.78, 5) is 2.43. The van der Waals surface area contributed by atoms with Gasteiger partial charge in [-0.3, -0.25) is 4.90 Å². The third-order valence-corrected chi connectivity index (χ3v) is 3.94. The van der Waals surface area contributed by atoms with Gasteiger partial charge in [0.05, 0.1) is 0 Å². The normalized spacial score (nSPS) is 24.6. The summed E-state index contributed by atoms with van der Waals surface area (Å²) in [5.41, 5.74) is 1.08. The lowest BCUT2D eigenvalue weighted by atomic mass is 9.93. The second-order valence-corrected chi connectivity index (χ2v) is 5.69. The molecule has 0 saturated carbocycles. The Morgan fingerprint density at radius 1 is 1.42 bits per heavy atom. The van der Waals surface area contributed by atoms with Gasteiger partial charge in [-0.2, -0.15) is 0 Å². The number of hydrogen-bond donors (Lipinski definition) is 1. The topological polar surface area (TPSA) is 15.3 Å². The van der Waals surface area contributed by atoms with E-state index in [4.69, 9.17) is 0 Å². The van der Waals surface area contributed by atoms with E-state index < -0.39 is 0 Å². The van der Waals surface area contributed by atoms with Gasteiger partial charge >= 0.3 is 0 Å². The van der Waals surface area contributed by atoms with Gasteiger partial charge in [0.15, 0.2) is 0 Å². The predicted octanol–water partition coefficient (Wildman–Crippen LogP) is 3.04. The molecule has 0 radical (unpaired) electrons. The second-order valence-electron chi connectivity index (χ2n) is 5.69. The average molecular weight is 264 g/mol. The zero-order valence-corrected chi connectivity index (χ0v) is 12.0. The second kappa shape index (κ2) is 7.01. The van der Waals surface area contributed by atoms with Gasteiger partial charge in [0, 0.05) is 19.1 Å². The molecule has 1 aromatic carbocycles. The number of halogens is 1. The van der Waals surface area contributed by atoms with Crippen molar-refractivity contribution in [2.45, 2.75) is 39.3 Å². The zero-order chi connectivity index (χ0) is 13.7. The molecule has 1 aliphatic rings. The Hall–Kier alpha value is -0.930. The van der Waals surface area contributed by atoms with Crippen LogP contribution in [0.3, 0.4) is 0 Å². The standard InChI is InChI=1S/C16H25FN2/c1-3-8-18-16-7-9-19(11-13(16)2)12-14-5-4-6-15(17)10-14/h4-6,10,13,16,18H,3,7-9,11-12H2,1-2H3. The molecule has 2 rings (SSSR count). The first-order chi connectivity index (χ1) is 9.19. The maximum absolute atomic E-state index is 13.2. The number of benzene rings is 1. The van der Waals surface area contributed by atoms with Crippen LogP contribution < -0.4 is 5.32 Å². The molecule has 0 spiro atoms. The van der Waals surface area contributed by atoms with Crippen molar-refractivity contribution in [3.8, 4) is 0 Å². The van der Waals surface area contributed by atoms with E-state index in [0.717, 1.165) is 31.7 Å². The van der Waals surface area contributed by atoms with Crippen LogP contribution in [0.2, 0.25) is 0 Å². The Kier molecular flexibility index (Phi) is 5.34. The Balaban J connectivity index is 1.84. The highest BCUT2D eigenvalue weighted by Crippen LogP contribution is 2.19. The van der Waals surface area contributed by atoms with Crippen molar-refractivity contribution < 1.29 is 4.39 Å². The van der Waals surface area contributed by atoms with Gasteiger partial charge in [0.25, 0.3) is 0 Å². The molecule has 19 heavy (non-hydrogen) atoms. The molecule has 1 saturated heterocycles. The van der Waals surface area contributed by atoms with Crippen molar-refractivity contribution in [3.63, 3.8) is 0 Å². The summed E-state index contributed by atoms with van der Waals surface area (Å²) >= 11 is 0. The van der Waals surface area contributed by atoms with Crippen LogP contribution in [0, 0.1) is 11.7 Å². The van der Waals surface area contributed by atoms with Crippen LogP contribution in [-0.4, -0.2) is 30.6 Å². The van der Waals surface area contributed by atoms with E-state index in [-0.39, 0.29) is 5.82 Å². The minimum Gasteiger partial charge on any atom is -0.314 e. The highest BCUT2D eigenvalue weighted by atomic mass is 19.1. The largest absolute Gasteiger partial charge is 0.314 e. The number of rotatable bonds is 5. The fourth-order valence-electron chi connectivity index (χ4n) is 2.90. The van der Waals surface area contributed by atoms with Crippen LogP contribution in [0.4, 0.5) is 4.39 Å². The maximum atomic E-state index is 13.2. The van der Waals surface area contributed by atoms with E-state index in [0.29, 0.717) is 12.0 Å². The van der Waals surface area contributed by atoms with Gasteiger partial charge in [-0.25, -0.2) is 4.39 Å². The first kappa shape index (κ1) is 14.5. The van der Waals surface area contributed by atoms with Gasteiger partial charge < -0.3 is 5.32 Å². The summed E-state index contributed by atoms with van der Waals surface area (Å²) in [6, 6.07) is 7.60. The van der Waals surface area contributed by atoms with Crippen LogP contribution in [-0.2, 0) is 6.54 Å². The molecule has 0 aliphatic carbocycles. The molecular weight excluding hydrogens is 239 g/mol. The summed E-state index contributed by atoms with van der Waals surface area (Å²) in [5, 5.41) is 3.63. The minimum absolute atomic E-state index is 0.134. The number of nitrogens with one attached hydrogen (secondary N) is 1. The van der Waals surface area contributed by atoms with Crippen LogP contribution >= 0.6 is 0 Å². The fraction of sp³-hybridized carbons (Fsp3) is 0.625. The van der Waals surface area contributed by atoms with E-state index in [1.54, 1.807) is 12.1 Å². The van der Waals surface area contributed by atoms with E-state index in [1.165, 1.54) is 18.9 Å². The molecule has 1 fully saturated rings. The van der Waals surface area contributed by atoms with Crippen molar-refractivity contribution in [2.75, 3.05) is 19.6 Å². The number of hydrogen-bond acceptors (Lipinski definition) is 2. The molecule has 1 aliphatic heterocycles. The molecule has 3 heteroatoms. The lowest BCUT2D eigenvalue weighted by molar-refractivity contribution is 0.141. The van der Waals surface area contributed by atoms with Crippen LogP contribution in [0.15, 0.2) is 24.3 Å². The Morgan fingerprint density at radius 3 is 2.95 bits per heavy atom. The Bertz CT molecular complexity index is 394. The third kappa shape index (κ3) is 4.29. The Labute approximate surface area is 116 Å². The monoisotopic (exact) mass is 264 g/mol. The molecule has 2 atom stereocenters. The van der Waals surface area contributed by atoms with Crippen molar-refractivity contribution in [1.82, 2.24) is 10.2 Å². The molecule has 0 aromatic heterocycles. The van der Waals surface area contributed by atoms with E-state index in [1.807, 2.05) is 6.07 Å². The van der Waals surface area contributed by atoms with Crippen LogP contribution in [0.25, 0.3) is 0 Å². The van der Waals surface area contributed by atoms with Gasteiger partial charge in [0.2, 0.25) is 0 Å². The molecule has 1 aromatic rings. The van der Waals surface area contributed by atoms with Crippen molar-refractivity contribution >= 4 is 0 Å². The minimum atomic E-state index is -0.134.